The van der Waals surface area contributed by atoms with Crippen LogP contribution in [0.4, 0.5) is 0 Å². The molecule has 8 nitrogen and oxygen atoms in total. The Labute approximate surface area is 187 Å². The molecule has 0 aliphatic rings. The van der Waals surface area contributed by atoms with Crippen molar-refractivity contribution >= 4 is 34.3 Å². The molecule has 156 valence electrons. The van der Waals surface area contributed by atoms with Crippen molar-refractivity contribution in [1.82, 2.24) is 40.0 Å². The summed E-state index contributed by atoms with van der Waals surface area (Å²) in [6.45, 7) is 2.89. The van der Waals surface area contributed by atoms with E-state index < -0.39 is 0 Å². The predicted octanol–water partition coefficient (Wildman–Crippen LogP) is 4.76. The SMILES string of the molecule is CCCn1nnnc1CSc1nnc(-c2c[nH]c3ccccc23)n1-c1ccc(Cl)cc1. The van der Waals surface area contributed by atoms with Gasteiger partial charge in [-0.1, -0.05) is 48.5 Å². The number of hydrogen-bond acceptors (Lipinski definition) is 6. The highest BCUT2D eigenvalue weighted by molar-refractivity contribution is 7.98. The van der Waals surface area contributed by atoms with Gasteiger partial charge in [-0.3, -0.25) is 4.57 Å². The number of aromatic amines is 1. The summed E-state index contributed by atoms with van der Waals surface area (Å²) < 4.78 is 3.88. The van der Waals surface area contributed by atoms with Crippen LogP contribution < -0.4 is 0 Å². The summed E-state index contributed by atoms with van der Waals surface area (Å²) in [6, 6.07) is 15.8. The number of nitrogens with one attached hydrogen (secondary N) is 1. The zero-order chi connectivity index (χ0) is 21.2. The first-order valence-corrected chi connectivity index (χ1v) is 11.3. The molecule has 0 unspecified atom stereocenters. The number of tetrazole rings is 1. The molecule has 0 fully saturated rings. The first-order valence-electron chi connectivity index (χ1n) is 9.90. The Balaban J connectivity index is 1.57. The van der Waals surface area contributed by atoms with Crippen LogP contribution in [0.25, 0.3) is 28.0 Å². The number of hydrogen-bond donors (Lipinski definition) is 1. The molecule has 2 aromatic carbocycles. The van der Waals surface area contributed by atoms with Gasteiger partial charge in [0, 0.05) is 39.9 Å². The van der Waals surface area contributed by atoms with Crippen LogP contribution in [0.1, 0.15) is 19.2 Å². The highest BCUT2D eigenvalue weighted by Gasteiger charge is 2.20. The normalized spacial score (nSPS) is 11.4. The van der Waals surface area contributed by atoms with E-state index in [9.17, 15) is 0 Å². The molecule has 3 aromatic heterocycles. The monoisotopic (exact) mass is 450 g/mol. The van der Waals surface area contributed by atoms with Crippen LogP contribution in [0.2, 0.25) is 5.02 Å². The van der Waals surface area contributed by atoms with Gasteiger partial charge in [-0.05, 0) is 47.2 Å². The van der Waals surface area contributed by atoms with Crippen LogP contribution in [0, 0.1) is 0 Å². The van der Waals surface area contributed by atoms with Gasteiger partial charge in [0.05, 0.1) is 5.75 Å². The molecule has 0 spiro atoms. The first kappa shape index (κ1) is 19.8. The quantitative estimate of drug-likeness (QED) is 0.359. The lowest BCUT2D eigenvalue weighted by molar-refractivity contribution is 0.564. The molecule has 0 bridgehead atoms. The Bertz CT molecular complexity index is 1320. The summed E-state index contributed by atoms with van der Waals surface area (Å²) >= 11 is 7.68. The largest absolute Gasteiger partial charge is 0.360 e. The Morgan fingerprint density at radius 1 is 1.03 bits per heavy atom. The molecular weight excluding hydrogens is 432 g/mol. The van der Waals surface area contributed by atoms with E-state index in [1.807, 2.05) is 57.9 Å². The van der Waals surface area contributed by atoms with E-state index in [4.69, 9.17) is 11.6 Å². The highest BCUT2D eigenvalue weighted by atomic mass is 35.5. The Morgan fingerprint density at radius 2 is 1.87 bits per heavy atom. The molecule has 0 aliphatic carbocycles. The minimum atomic E-state index is 0.590. The van der Waals surface area contributed by atoms with Gasteiger partial charge in [-0.2, -0.15) is 0 Å². The van der Waals surface area contributed by atoms with Gasteiger partial charge in [-0.25, -0.2) is 4.68 Å². The molecule has 0 aliphatic heterocycles. The summed E-state index contributed by atoms with van der Waals surface area (Å²) in [4.78, 5) is 3.32. The van der Waals surface area contributed by atoms with Crippen molar-refractivity contribution in [2.45, 2.75) is 30.8 Å². The number of rotatable bonds is 7. The second-order valence-electron chi connectivity index (χ2n) is 6.97. The third-order valence-corrected chi connectivity index (χ3v) is 6.10. The average molecular weight is 451 g/mol. The summed E-state index contributed by atoms with van der Waals surface area (Å²) in [5.41, 5.74) is 2.97. The maximum atomic E-state index is 6.13. The molecule has 1 N–H and O–H groups in total. The van der Waals surface area contributed by atoms with E-state index in [0.717, 1.165) is 51.9 Å². The molecule has 0 atom stereocenters. The smallest absolute Gasteiger partial charge is 0.196 e. The van der Waals surface area contributed by atoms with Gasteiger partial charge in [0.15, 0.2) is 16.8 Å². The standard InChI is InChI=1S/C21H19ClN8S/c1-2-11-29-19(24-27-28-29)13-31-21-26-25-20(30(21)15-9-7-14(22)8-10-15)17-12-23-18-6-4-3-5-16(17)18/h3-10,12,23H,2,11,13H2,1H3. The first-order chi connectivity index (χ1) is 15.2. The van der Waals surface area contributed by atoms with Crippen molar-refractivity contribution in [2.24, 2.45) is 0 Å². The number of para-hydroxylation sites is 1. The fourth-order valence-electron chi connectivity index (χ4n) is 3.46. The molecule has 0 saturated carbocycles. The number of halogens is 1. The Kier molecular flexibility index (Phi) is 5.44. The van der Waals surface area contributed by atoms with Crippen molar-refractivity contribution in [1.29, 1.82) is 0 Å². The molecule has 31 heavy (non-hydrogen) atoms. The van der Waals surface area contributed by atoms with Crippen LogP contribution in [0.15, 0.2) is 59.9 Å². The van der Waals surface area contributed by atoms with Crippen molar-refractivity contribution in [2.75, 3.05) is 0 Å². The Morgan fingerprint density at radius 3 is 2.71 bits per heavy atom. The van der Waals surface area contributed by atoms with Gasteiger partial charge >= 0.3 is 0 Å². The average Bonchev–Trinajstić information content (AvgIpc) is 3.51. The second kappa shape index (κ2) is 8.52. The molecule has 5 aromatic rings. The van der Waals surface area contributed by atoms with E-state index in [1.165, 1.54) is 0 Å². The molecular formula is C21H19ClN8S. The number of benzene rings is 2. The zero-order valence-electron chi connectivity index (χ0n) is 16.7. The lowest BCUT2D eigenvalue weighted by Crippen LogP contribution is -2.05. The van der Waals surface area contributed by atoms with E-state index in [2.05, 4.69) is 43.7 Å². The molecule has 3 heterocycles. The lowest BCUT2D eigenvalue weighted by atomic mass is 10.1. The fourth-order valence-corrected chi connectivity index (χ4v) is 4.47. The van der Waals surface area contributed by atoms with Crippen LogP contribution in [0.5, 0.6) is 0 Å². The topological polar surface area (TPSA) is 90.1 Å². The zero-order valence-corrected chi connectivity index (χ0v) is 18.3. The molecule has 5 rings (SSSR count). The van der Waals surface area contributed by atoms with E-state index in [-0.39, 0.29) is 0 Å². The summed E-state index contributed by atoms with van der Waals surface area (Å²) in [5.74, 6) is 2.16. The van der Waals surface area contributed by atoms with Crippen LogP contribution in [-0.4, -0.2) is 40.0 Å². The van der Waals surface area contributed by atoms with Gasteiger partial charge in [0.1, 0.15) is 0 Å². The van der Waals surface area contributed by atoms with Crippen molar-refractivity contribution in [3.63, 3.8) is 0 Å². The number of aromatic nitrogens is 8. The predicted molar refractivity (Wildman–Crippen MR) is 121 cm³/mol. The summed E-state index contributed by atoms with van der Waals surface area (Å²) in [5, 5.41) is 23.6. The molecule has 0 radical (unpaired) electrons. The van der Waals surface area contributed by atoms with Gasteiger partial charge < -0.3 is 4.98 Å². The van der Waals surface area contributed by atoms with Crippen LogP contribution in [-0.2, 0) is 12.3 Å². The fraction of sp³-hybridized carbons (Fsp3) is 0.190. The third kappa shape index (κ3) is 3.82. The minimum Gasteiger partial charge on any atom is -0.360 e. The van der Waals surface area contributed by atoms with Crippen LogP contribution >= 0.6 is 23.4 Å². The van der Waals surface area contributed by atoms with Crippen LogP contribution in [0.3, 0.4) is 0 Å². The number of H-pyrrole nitrogens is 1. The Hall–Kier alpha value is -3.17. The second-order valence-corrected chi connectivity index (χ2v) is 8.35. The number of aryl methyl sites for hydroxylation is 1. The van der Waals surface area contributed by atoms with Gasteiger partial charge in [0.2, 0.25) is 0 Å². The highest BCUT2D eigenvalue weighted by Crippen LogP contribution is 2.33. The van der Waals surface area contributed by atoms with E-state index >= 15 is 0 Å². The van der Waals surface area contributed by atoms with E-state index in [0.29, 0.717) is 10.8 Å². The molecule has 0 amide bonds. The van der Waals surface area contributed by atoms with Crippen molar-refractivity contribution in [3.05, 3.63) is 65.6 Å². The van der Waals surface area contributed by atoms with Crippen molar-refractivity contribution in [3.8, 4) is 17.1 Å². The number of nitrogens with zero attached hydrogens (tertiary/aromatic N) is 7. The maximum Gasteiger partial charge on any atom is 0.196 e. The van der Waals surface area contributed by atoms with E-state index in [1.54, 1.807) is 11.8 Å². The third-order valence-electron chi connectivity index (χ3n) is 4.92. The van der Waals surface area contributed by atoms with Crippen molar-refractivity contribution < 1.29 is 0 Å². The van der Waals surface area contributed by atoms with Gasteiger partial charge in [-0.15, -0.1) is 15.3 Å². The lowest BCUT2D eigenvalue weighted by Gasteiger charge is -2.10. The maximum absolute atomic E-state index is 6.13. The number of fused-ring (bicyclic) bond motifs is 1. The molecule has 0 saturated heterocycles. The molecule has 10 heteroatoms. The summed E-state index contributed by atoms with van der Waals surface area (Å²) in [7, 11) is 0. The van der Waals surface area contributed by atoms with Gasteiger partial charge in [0.25, 0.3) is 0 Å². The minimum absolute atomic E-state index is 0.590. The summed E-state index contributed by atoms with van der Waals surface area (Å²) in [6.07, 6.45) is 2.94. The number of thioether (sulfide) groups is 1.